The highest BCUT2D eigenvalue weighted by atomic mass is 19.4. The van der Waals surface area contributed by atoms with E-state index in [4.69, 9.17) is 5.11 Å². The lowest BCUT2D eigenvalue weighted by atomic mass is 9.83. The van der Waals surface area contributed by atoms with Gasteiger partial charge in [0.15, 0.2) is 0 Å². The van der Waals surface area contributed by atoms with Gasteiger partial charge in [-0.1, -0.05) is 24.3 Å². The van der Waals surface area contributed by atoms with Gasteiger partial charge in [0.25, 0.3) is 0 Å². The van der Waals surface area contributed by atoms with Crippen LogP contribution in [-0.2, 0) is 16.4 Å². The lowest BCUT2D eigenvalue weighted by Gasteiger charge is -2.20. The zero-order valence-corrected chi connectivity index (χ0v) is 12.4. The standard InChI is InChI=1S/C17H14F4O2/c1-16(2,15(22)23)13-8-5-11(9-14(13)18)10-3-6-12(7-4-10)17(19,20)21/h3-9H,1-2H3,(H,22,23). The fraction of sp³-hybridized carbons (Fsp3) is 0.235. The van der Waals surface area contributed by atoms with Crippen LogP contribution in [0.25, 0.3) is 11.1 Å². The molecule has 2 aromatic carbocycles. The summed E-state index contributed by atoms with van der Waals surface area (Å²) in [6, 6.07) is 8.30. The van der Waals surface area contributed by atoms with Crippen molar-refractivity contribution in [2.75, 3.05) is 0 Å². The molecular formula is C17H14F4O2. The summed E-state index contributed by atoms with van der Waals surface area (Å²) in [6.45, 7) is 2.76. The van der Waals surface area contributed by atoms with Gasteiger partial charge in [0.2, 0.25) is 0 Å². The van der Waals surface area contributed by atoms with E-state index in [9.17, 15) is 22.4 Å². The minimum Gasteiger partial charge on any atom is -0.481 e. The van der Waals surface area contributed by atoms with Crippen LogP contribution < -0.4 is 0 Å². The molecule has 0 saturated carbocycles. The molecule has 0 saturated heterocycles. The predicted octanol–water partition coefficient (Wildman–Crippen LogP) is 4.87. The van der Waals surface area contributed by atoms with Gasteiger partial charge >= 0.3 is 12.1 Å². The van der Waals surface area contributed by atoms with Gasteiger partial charge < -0.3 is 5.11 Å². The molecule has 2 aromatic rings. The van der Waals surface area contributed by atoms with Gasteiger partial charge in [-0.2, -0.15) is 13.2 Å². The minimum atomic E-state index is -4.43. The Hall–Kier alpha value is -2.37. The highest BCUT2D eigenvalue weighted by Crippen LogP contribution is 2.33. The maximum absolute atomic E-state index is 14.2. The molecule has 0 aliphatic carbocycles. The average Bonchev–Trinajstić information content (AvgIpc) is 2.46. The molecule has 23 heavy (non-hydrogen) atoms. The third-order valence-electron chi connectivity index (χ3n) is 3.72. The topological polar surface area (TPSA) is 37.3 Å². The third-order valence-corrected chi connectivity index (χ3v) is 3.72. The van der Waals surface area contributed by atoms with E-state index >= 15 is 0 Å². The van der Waals surface area contributed by atoms with Crippen molar-refractivity contribution in [1.82, 2.24) is 0 Å². The summed E-state index contributed by atoms with van der Waals surface area (Å²) >= 11 is 0. The zero-order chi connectivity index (χ0) is 17.4. The van der Waals surface area contributed by atoms with Gasteiger partial charge in [-0.25, -0.2) is 4.39 Å². The number of aliphatic carboxylic acids is 1. The molecule has 122 valence electrons. The zero-order valence-electron chi connectivity index (χ0n) is 12.4. The summed E-state index contributed by atoms with van der Waals surface area (Å²) in [6.07, 6.45) is -4.43. The van der Waals surface area contributed by atoms with Gasteiger partial charge in [-0.3, -0.25) is 4.79 Å². The molecule has 2 nitrogen and oxygen atoms in total. The average molecular weight is 326 g/mol. The van der Waals surface area contributed by atoms with Gasteiger partial charge in [0, 0.05) is 5.56 Å². The highest BCUT2D eigenvalue weighted by Gasteiger charge is 2.32. The van der Waals surface area contributed by atoms with Crippen LogP contribution in [0.3, 0.4) is 0 Å². The number of carbonyl (C=O) groups is 1. The molecule has 2 rings (SSSR count). The second kappa shape index (κ2) is 5.68. The molecule has 6 heteroatoms. The van der Waals surface area contributed by atoms with Crippen molar-refractivity contribution in [3.8, 4) is 11.1 Å². The lowest BCUT2D eigenvalue weighted by Crippen LogP contribution is -2.29. The molecule has 0 spiro atoms. The van der Waals surface area contributed by atoms with E-state index in [2.05, 4.69) is 0 Å². The monoisotopic (exact) mass is 326 g/mol. The van der Waals surface area contributed by atoms with Crippen LogP contribution in [0.4, 0.5) is 17.6 Å². The van der Waals surface area contributed by atoms with Crippen LogP contribution in [0.15, 0.2) is 42.5 Å². The SMILES string of the molecule is CC(C)(C(=O)O)c1ccc(-c2ccc(C(F)(F)F)cc2)cc1F. The van der Waals surface area contributed by atoms with Crippen LogP contribution in [0.2, 0.25) is 0 Å². The summed E-state index contributed by atoms with van der Waals surface area (Å²) in [5.74, 6) is -1.88. The fourth-order valence-corrected chi connectivity index (χ4v) is 2.17. The quantitative estimate of drug-likeness (QED) is 0.817. The first kappa shape index (κ1) is 17.0. The van der Waals surface area contributed by atoms with Crippen molar-refractivity contribution < 1.29 is 27.5 Å². The van der Waals surface area contributed by atoms with E-state index in [0.717, 1.165) is 18.2 Å². The van der Waals surface area contributed by atoms with Gasteiger partial charge in [-0.05, 0) is 43.2 Å². The van der Waals surface area contributed by atoms with Gasteiger partial charge in [0.1, 0.15) is 5.82 Å². The molecule has 0 aliphatic rings. The Balaban J connectivity index is 2.40. The van der Waals surface area contributed by atoms with Crippen molar-refractivity contribution in [2.45, 2.75) is 25.4 Å². The molecule has 0 atom stereocenters. The summed E-state index contributed by atoms with van der Waals surface area (Å²) in [4.78, 5) is 11.2. The number of hydrogen-bond donors (Lipinski definition) is 1. The van der Waals surface area contributed by atoms with Crippen LogP contribution in [-0.4, -0.2) is 11.1 Å². The molecule has 0 aromatic heterocycles. The largest absolute Gasteiger partial charge is 0.481 e. The fourth-order valence-electron chi connectivity index (χ4n) is 2.17. The number of hydrogen-bond acceptors (Lipinski definition) is 1. The van der Waals surface area contributed by atoms with E-state index in [1.165, 1.54) is 38.1 Å². The predicted molar refractivity (Wildman–Crippen MR) is 77.5 cm³/mol. The molecule has 0 aliphatic heterocycles. The Morgan fingerprint density at radius 2 is 1.48 bits per heavy atom. The Bertz CT molecular complexity index is 731. The van der Waals surface area contributed by atoms with E-state index in [-0.39, 0.29) is 5.56 Å². The number of alkyl halides is 3. The molecule has 0 unspecified atom stereocenters. The summed E-state index contributed by atoms with van der Waals surface area (Å²) in [7, 11) is 0. The molecule has 0 bridgehead atoms. The third kappa shape index (κ3) is 3.36. The first-order chi connectivity index (χ1) is 10.5. The van der Waals surface area contributed by atoms with Crippen molar-refractivity contribution in [2.24, 2.45) is 0 Å². The van der Waals surface area contributed by atoms with Gasteiger partial charge in [-0.15, -0.1) is 0 Å². The normalized spacial score (nSPS) is 12.3. The molecule has 0 amide bonds. The number of carboxylic acids is 1. The van der Waals surface area contributed by atoms with Crippen molar-refractivity contribution in [1.29, 1.82) is 0 Å². The first-order valence-corrected chi connectivity index (χ1v) is 6.74. The maximum Gasteiger partial charge on any atom is 0.416 e. The first-order valence-electron chi connectivity index (χ1n) is 6.74. The Morgan fingerprint density at radius 1 is 0.957 bits per heavy atom. The second-order valence-electron chi connectivity index (χ2n) is 5.70. The molecule has 0 heterocycles. The van der Waals surface area contributed by atoms with Crippen LogP contribution >= 0.6 is 0 Å². The Kier molecular flexibility index (Phi) is 4.20. The van der Waals surface area contributed by atoms with E-state index in [1.54, 1.807) is 0 Å². The second-order valence-corrected chi connectivity index (χ2v) is 5.70. The molecular weight excluding hydrogens is 312 g/mol. The molecule has 1 N–H and O–H groups in total. The highest BCUT2D eigenvalue weighted by molar-refractivity contribution is 5.80. The number of carboxylic acid groups (broad SMARTS) is 1. The Morgan fingerprint density at radius 3 is 1.91 bits per heavy atom. The van der Waals surface area contributed by atoms with Crippen LogP contribution in [0, 0.1) is 5.82 Å². The molecule has 0 fully saturated rings. The Labute approximate surface area is 130 Å². The van der Waals surface area contributed by atoms with E-state index in [1.807, 2.05) is 0 Å². The number of benzene rings is 2. The van der Waals surface area contributed by atoms with E-state index < -0.39 is 28.9 Å². The summed E-state index contributed by atoms with van der Waals surface area (Å²) in [5, 5.41) is 9.14. The minimum absolute atomic E-state index is 0.0145. The van der Waals surface area contributed by atoms with Crippen molar-refractivity contribution in [3.63, 3.8) is 0 Å². The number of halogens is 4. The maximum atomic E-state index is 14.2. The van der Waals surface area contributed by atoms with Crippen LogP contribution in [0.1, 0.15) is 25.0 Å². The molecule has 0 radical (unpaired) electrons. The summed E-state index contributed by atoms with van der Waals surface area (Å²) < 4.78 is 51.8. The number of rotatable bonds is 3. The van der Waals surface area contributed by atoms with E-state index in [0.29, 0.717) is 11.1 Å². The summed E-state index contributed by atoms with van der Waals surface area (Å²) in [5.41, 5.74) is -1.38. The van der Waals surface area contributed by atoms with Crippen molar-refractivity contribution in [3.05, 3.63) is 59.4 Å². The smallest absolute Gasteiger partial charge is 0.416 e. The lowest BCUT2D eigenvalue weighted by molar-refractivity contribution is -0.142. The van der Waals surface area contributed by atoms with Crippen LogP contribution in [0.5, 0.6) is 0 Å². The van der Waals surface area contributed by atoms with Crippen molar-refractivity contribution >= 4 is 5.97 Å². The van der Waals surface area contributed by atoms with Gasteiger partial charge in [0.05, 0.1) is 11.0 Å².